The van der Waals surface area contributed by atoms with E-state index < -0.39 is 0 Å². The van der Waals surface area contributed by atoms with Crippen LogP contribution in [0.15, 0.2) is 28.7 Å². The predicted octanol–water partition coefficient (Wildman–Crippen LogP) is 4.69. The number of halogens is 1. The Morgan fingerprint density at radius 2 is 2.28 bits per heavy atom. The molecule has 0 spiro atoms. The van der Waals surface area contributed by atoms with Crippen LogP contribution in [0.25, 0.3) is 10.1 Å². The molecule has 1 fully saturated rings. The minimum atomic E-state index is 0.786. The zero-order valence-corrected chi connectivity index (χ0v) is 13.1. The summed E-state index contributed by atoms with van der Waals surface area (Å²) in [7, 11) is 0. The topological polar surface area (TPSA) is 3.24 Å². The van der Waals surface area contributed by atoms with Crippen molar-refractivity contribution in [2.75, 3.05) is 13.1 Å². The fraction of sp³-hybridized carbons (Fsp3) is 0.467. The highest BCUT2D eigenvalue weighted by molar-refractivity contribution is 9.10. The third kappa shape index (κ3) is 2.63. The molecule has 2 heterocycles. The van der Waals surface area contributed by atoms with Crippen LogP contribution in [-0.2, 0) is 6.42 Å². The smallest absolute Gasteiger partial charge is 0.0346 e. The summed E-state index contributed by atoms with van der Waals surface area (Å²) in [6, 6.07) is 9.70. The molecule has 1 aromatic carbocycles. The molecule has 2 aromatic rings. The van der Waals surface area contributed by atoms with Gasteiger partial charge in [0.25, 0.3) is 0 Å². The van der Waals surface area contributed by atoms with Crippen molar-refractivity contribution in [2.45, 2.75) is 32.2 Å². The molecule has 1 saturated heterocycles. The van der Waals surface area contributed by atoms with Crippen LogP contribution in [0.3, 0.4) is 0 Å². The molecular formula is C15H18BrNS. The standard InChI is InChI=1S/C15H18BrNS/c1-11-3-2-7-17(11)8-6-14-10-12-9-13(16)4-5-15(12)18-14/h4-5,9-11H,2-3,6-8H2,1H3/t11-/m1/s1. The van der Waals surface area contributed by atoms with E-state index in [1.54, 1.807) is 0 Å². The monoisotopic (exact) mass is 323 g/mol. The van der Waals surface area contributed by atoms with E-state index in [0.29, 0.717) is 0 Å². The molecule has 18 heavy (non-hydrogen) atoms. The third-order valence-corrected chi connectivity index (χ3v) is 5.53. The number of thiophene rings is 1. The molecule has 0 saturated carbocycles. The van der Waals surface area contributed by atoms with Gasteiger partial charge in [-0.2, -0.15) is 0 Å². The van der Waals surface area contributed by atoms with Gasteiger partial charge in [-0.3, -0.25) is 0 Å². The van der Waals surface area contributed by atoms with Gasteiger partial charge in [-0.15, -0.1) is 11.3 Å². The van der Waals surface area contributed by atoms with Gasteiger partial charge in [0.15, 0.2) is 0 Å². The van der Waals surface area contributed by atoms with E-state index in [1.807, 2.05) is 11.3 Å². The van der Waals surface area contributed by atoms with Crippen molar-refractivity contribution >= 4 is 37.4 Å². The molecule has 0 aliphatic carbocycles. The van der Waals surface area contributed by atoms with E-state index in [1.165, 1.54) is 51.8 Å². The van der Waals surface area contributed by atoms with Crippen molar-refractivity contribution in [1.82, 2.24) is 4.90 Å². The lowest BCUT2D eigenvalue weighted by molar-refractivity contribution is 0.273. The lowest BCUT2D eigenvalue weighted by Gasteiger charge is -2.20. The summed E-state index contributed by atoms with van der Waals surface area (Å²) in [5, 5.41) is 1.37. The van der Waals surface area contributed by atoms with Gasteiger partial charge in [-0.1, -0.05) is 15.9 Å². The van der Waals surface area contributed by atoms with Crippen molar-refractivity contribution in [3.05, 3.63) is 33.6 Å². The van der Waals surface area contributed by atoms with Gasteiger partial charge >= 0.3 is 0 Å². The fourth-order valence-corrected chi connectivity index (χ4v) is 4.18. The molecule has 1 aliphatic heterocycles. The largest absolute Gasteiger partial charge is 0.300 e. The van der Waals surface area contributed by atoms with Gasteiger partial charge in [0.2, 0.25) is 0 Å². The molecule has 0 N–H and O–H groups in total. The Balaban J connectivity index is 1.71. The average Bonchev–Trinajstić information content (AvgIpc) is 2.92. The number of rotatable bonds is 3. The first kappa shape index (κ1) is 12.6. The van der Waals surface area contributed by atoms with Crippen molar-refractivity contribution in [1.29, 1.82) is 0 Å². The second kappa shape index (κ2) is 5.32. The Kier molecular flexibility index (Phi) is 3.73. The van der Waals surface area contributed by atoms with Crippen molar-refractivity contribution in [2.24, 2.45) is 0 Å². The van der Waals surface area contributed by atoms with Gasteiger partial charge in [0.05, 0.1) is 0 Å². The molecule has 96 valence electrons. The summed E-state index contributed by atoms with van der Waals surface area (Å²) < 4.78 is 2.58. The van der Waals surface area contributed by atoms with Crippen molar-refractivity contribution in [3.63, 3.8) is 0 Å². The number of nitrogens with zero attached hydrogens (tertiary/aromatic N) is 1. The zero-order chi connectivity index (χ0) is 12.5. The molecule has 0 bridgehead atoms. The van der Waals surface area contributed by atoms with Crippen LogP contribution in [0.5, 0.6) is 0 Å². The normalized spacial score (nSPS) is 20.9. The van der Waals surface area contributed by atoms with Gasteiger partial charge < -0.3 is 4.90 Å². The molecule has 0 unspecified atom stereocenters. The van der Waals surface area contributed by atoms with E-state index in [9.17, 15) is 0 Å². The summed E-state index contributed by atoms with van der Waals surface area (Å²) >= 11 is 5.48. The summed E-state index contributed by atoms with van der Waals surface area (Å²) in [5.41, 5.74) is 0. The molecule has 1 aromatic heterocycles. The third-order valence-electron chi connectivity index (χ3n) is 3.87. The molecule has 3 heteroatoms. The van der Waals surface area contributed by atoms with Crippen molar-refractivity contribution in [3.8, 4) is 0 Å². The molecule has 0 radical (unpaired) electrons. The van der Waals surface area contributed by atoms with E-state index in [4.69, 9.17) is 0 Å². The first-order chi connectivity index (χ1) is 8.72. The SMILES string of the molecule is C[C@@H]1CCCN1CCc1cc2cc(Br)ccc2s1. The van der Waals surface area contributed by atoms with Crippen LogP contribution in [0.4, 0.5) is 0 Å². The molecule has 1 atom stereocenters. The van der Waals surface area contributed by atoms with Gasteiger partial charge in [0, 0.05) is 26.6 Å². The van der Waals surface area contributed by atoms with Crippen LogP contribution < -0.4 is 0 Å². The highest BCUT2D eigenvalue weighted by Crippen LogP contribution is 2.29. The zero-order valence-electron chi connectivity index (χ0n) is 10.7. The summed E-state index contributed by atoms with van der Waals surface area (Å²) in [5.74, 6) is 0. The molecule has 3 rings (SSSR count). The number of hydrogen-bond acceptors (Lipinski definition) is 2. The van der Waals surface area contributed by atoms with Crippen LogP contribution in [0.1, 0.15) is 24.6 Å². The van der Waals surface area contributed by atoms with Crippen LogP contribution in [0.2, 0.25) is 0 Å². The van der Waals surface area contributed by atoms with E-state index in [0.717, 1.165) is 6.04 Å². The summed E-state index contributed by atoms with van der Waals surface area (Å²) in [4.78, 5) is 4.14. The number of hydrogen-bond donors (Lipinski definition) is 0. The minimum Gasteiger partial charge on any atom is -0.300 e. The van der Waals surface area contributed by atoms with Gasteiger partial charge in [-0.05, 0) is 62.4 Å². The van der Waals surface area contributed by atoms with Gasteiger partial charge in [-0.25, -0.2) is 0 Å². The Hall–Kier alpha value is -0.380. The fourth-order valence-electron chi connectivity index (χ4n) is 2.77. The summed E-state index contributed by atoms with van der Waals surface area (Å²) in [6.45, 7) is 4.86. The van der Waals surface area contributed by atoms with Crippen LogP contribution in [0, 0.1) is 0 Å². The average molecular weight is 324 g/mol. The number of benzene rings is 1. The highest BCUT2D eigenvalue weighted by Gasteiger charge is 2.19. The van der Waals surface area contributed by atoms with E-state index >= 15 is 0 Å². The molecule has 0 amide bonds. The Morgan fingerprint density at radius 3 is 3.06 bits per heavy atom. The second-order valence-electron chi connectivity index (χ2n) is 5.17. The van der Waals surface area contributed by atoms with E-state index in [2.05, 4.69) is 52.0 Å². The minimum absolute atomic E-state index is 0.786. The quantitative estimate of drug-likeness (QED) is 0.792. The number of likely N-dealkylation sites (tertiary alicyclic amines) is 1. The number of fused-ring (bicyclic) bond motifs is 1. The Morgan fingerprint density at radius 1 is 1.39 bits per heavy atom. The lowest BCUT2D eigenvalue weighted by atomic mass is 10.2. The predicted molar refractivity (Wildman–Crippen MR) is 83.5 cm³/mol. The maximum absolute atomic E-state index is 3.54. The molecule has 1 aliphatic rings. The second-order valence-corrected chi connectivity index (χ2v) is 7.26. The van der Waals surface area contributed by atoms with Crippen molar-refractivity contribution < 1.29 is 0 Å². The first-order valence-corrected chi connectivity index (χ1v) is 8.25. The highest BCUT2D eigenvalue weighted by atomic mass is 79.9. The maximum Gasteiger partial charge on any atom is 0.0346 e. The molecule has 1 nitrogen and oxygen atoms in total. The van der Waals surface area contributed by atoms with E-state index in [-0.39, 0.29) is 0 Å². The Labute approximate surface area is 121 Å². The summed E-state index contributed by atoms with van der Waals surface area (Å²) in [6.07, 6.45) is 3.95. The van der Waals surface area contributed by atoms with Crippen LogP contribution in [-0.4, -0.2) is 24.0 Å². The maximum atomic E-state index is 3.54. The van der Waals surface area contributed by atoms with Gasteiger partial charge in [0.1, 0.15) is 0 Å². The van der Waals surface area contributed by atoms with Crippen LogP contribution >= 0.6 is 27.3 Å². The Bertz CT molecular complexity index is 548. The molecular weight excluding hydrogens is 306 g/mol. The lowest BCUT2D eigenvalue weighted by Crippen LogP contribution is -2.28. The first-order valence-electron chi connectivity index (χ1n) is 6.64.